The number of hydrogen-bond donors (Lipinski definition) is 4. The number of hydroxylamine groups is 2. The monoisotopic (exact) mass is 906 g/mol. The predicted octanol–water partition coefficient (Wildman–Crippen LogP) is 2.33. The van der Waals surface area contributed by atoms with Crippen molar-refractivity contribution in [1.29, 1.82) is 0 Å². The van der Waals surface area contributed by atoms with Crippen LogP contribution in [0.25, 0.3) is 0 Å². The number of nitrogens with zero attached hydrogens (tertiary/aromatic N) is 4. The van der Waals surface area contributed by atoms with E-state index in [9.17, 15) is 36.8 Å². The summed E-state index contributed by atoms with van der Waals surface area (Å²) in [5.41, 5.74) is 3.41. The molecule has 2 aromatic carbocycles. The Labute approximate surface area is 362 Å². The Hall–Kier alpha value is -3.54. The zero-order valence-electron chi connectivity index (χ0n) is 34.3. The number of likely N-dealkylation sites (tertiary alicyclic amines) is 2. The van der Waals surface area contributed by atoms with Gasteiger partial charge in [-0.1, -0.05) is 11.8 Å². The Balaban J connectivity index is 0.000000228. The summed E-state index contributed by atoms with van der Waals surface area (Å²) in [7, 11) is -3.88. The summed E-state index contributed by atoms with van der Waals surface area (Å²) in [5.74, 6) is 11.9. The largest absolute Gasteiger partial charge is 0.481 e. The number of amides is 2. The van der Waals surface area contributed by atoms with Gasteiger partial charge in [-0.25, -0.2) is 27.8 Å². The first kappa shape index (κ1) is 47.5. The van der Waals surface area contributed by atoms with E-state index in [1.54, 1.807) is 72.6 Å². The zero-order valence-corrected chi connectivity index (χ0v) is 37.5. The predicted molar refractivity (Wildman–Crippen MR) is 230 cm³/mol. The Kier molecular flexibility index (Phi) is 16.6. The van der Waals surface area contributed by atoms with Crippen molar-refractivity contribution in [2.24, 2.45) is 0 Å². The second-order valence-electron chi connectivity index (χ2n) is 14.8. The van der Waals surface area contributed by atoms with Crippen molar-refractivity contribution >= 4 is 55.4 Å². The minimum absolute atomic E-state index is 0.0853. The highest BCUT2D eigenvalue weighted by Crippen LogP contribution is 2.47. The summed E-state index contributed by atoms with van der Waals surface area (Å²) >= 11 is 3.26. The standard InChI is InChI=1S/2C20H27N3O5S2/c2*1-3-4-14-28-16-5-7-17(8-6-16)30(26,27)23-13-15-29-20(18(23)19(24)21-25)9-11-22(2)12-10-20/h2*5-8,18,25H,9-15H2,1-2H3,(H,21,24). The van der Waals surface area contributed by atoms with Gasteiger partial charge in [-0.3, -0.25) is 20.0 Å². The maximum Gasteiger partial charge on any atom is 0.263 e. The highest BCUT2D eigenvalue weighted by atomic mass is 32.2. The number of ether oxygens (including phenoxy) is 2. The number of rotatable bonds is 10. The third-order valence-electron chi connectivity index (χ3n) is 11.2. The molecular weight excluding hydrogens is 853 g/mol. The molecule has 4 N–H and O–H groups in total. The molecule has 6 rings (SSSR count). The first-order valence-corrected chi connectivity index (χ1v) is 24.3. The first-order chi connectivity index (χ1) is 28.7. The second-order valence-corrected chi connectivity index (χ2v) is 21.6. The van der Waals surface area contributed by atoms with E-state index in [0.717, 1.165) is 26.2 Å². The highest BCUT2D eigenvalue weighted by Gasteiger charge is 2.55. The SMILES string of the molecule is CC#CCOc1ccc(S(=O)(=O)N2CCSC3(CCN(C)CC3)C2C(=O)NO)cc1.CC#CCOc1ccc(S(=O)(=O)N2CCSC3(CCN(C)CC3)C2C(=O)NO)cc1. The van der Waals surface area contributed by atoms with E-state index < -0.39 is 53.4 Å². The molecule has 0 radical (unpaired) electrons. The maximum atomic E-state index is 13.5. The number of hydrogen-bond acceptors (Lipinski definition) is 14. The smallest absolute Gasteiger partial charge is 0.263 e. The molecule has 60 heavy (non-hydrogen) atoms. The summed E-state index contributed by atoms with van der Waals surface area (Å²) < 4.78 is 66.1. The topological polar surface area (TPSA) is 198 Å². The van der Waals surface area contributed by atoms with Crippen molar-refractivity contribution in [3.05, 3.63) is 48.5 Å². The van der Waals surface area contributed by atoms with Gasteiger partial charge in [0.1, 0.15) is 36.8 Å². The molecular formula is C40H54N6O10S4. The molecule has 16 nitrogen and oxygen atoms in total. The fourth-order valence-electron chi connectivity index (χ4n) is 7.90. The molecule has 2 spiro atoms. The summed E-state index contributed by atoms with van der Waals surface area (Å²) in [6.45, 7) is 7.35. The average Bonchev–Trinajstić information content (AvgIpc) is 3.26. The molecule has 0 aliphatic carbocycles. The van der Waals surface area contributed by atoms with Crippen molar-refractivity contribution in [2.75, 3.05) is 78.1 Å². The molecule has 0 saturated carbocycles. The van der Waals surface area contributed by atoms with Gasteiger partial charge in [0, 0.05) is 34.1 Å². The lowest BCUT2D eigenvalue weighted by Crippen LogP contribution is -2.65. The van der Waals surface area contributed by atoms with Crippen LogP contribution in [0.3, 0.4) is 0 Å². The molecule has 2 unspecified atom stereocenters. The van der Waals surface area contributed by atoms with E-state index in [0.29, 0.717) is 48.7 Å². The normalized spacial score (nSPS) is 22.2. The van der Waals surface area contributed by atoms with E-state index in [2.05, 4.69) is 33.5 Å². The van der Waals surface area contributed by atoms with Gasteiger partial charge in [0.2, 0.25) is 20.0 Å². The molecule has 20 heteroatoms. The van der Waals surface area contributed by atoms with Gasteiger partial charge in [-0.2, -0.15) is 32.1 Å². The van der Waals surface area contributed by atoms with E-state index >= 15 is 0 Å². The molecule has 4 aliphatic heterocycles. The summed E-state index contributed by atoms with van der Waals surface area (Å²) in [5, 5.41) is 18.8. The number of carbonyl (C=O) groups is 2. The minimum atomic E-state index is -3.95. The molecule has 4 saturated heterocycles. The Morgan fingerprint density at radius 2 is 0.983 bits per heavy atom. The number of benzene rings is 2. The highest BCUT2D eigenvalue weighted by molar-refractivity contribution is 8.01. The van der Waals surface area contributed by atoms with Gasteiger partial charge in [0.05, 0.1) is 9.79 Å². The molecule has 4 fully saturated rings. The van der Waals surface area contributed by atoms with Gasteiger partial charge in [-0.15, -0.1) is 11.8 Å². The number of carbonyl (C=O) groups excluding carboxylic acids is 2. The van der Waals surface area contributed by atoms with Crippen LogP contribution in [0, 0.1) is 23.7 Å². The first-order valence-electron chi connectivity index (χ1n) is 19.5. The van der Waals surface area contributed by atoms with Gasteiger partial charge in [0.15, 0.2) is 0 Å². The molecule has 4 aliphatic rings. The third-order valence-corrected chi connectivity index (χ3v) is 18.1. The lowest BCUT2D eigenvalue weighted by Gasteiger charge is -2.50. The molecule has 328 valence electrons. The summed E-state index contributed by atoms with van der Waals surface area (Å²) in [4.78, 5) is 29.9. The quantitative estimate of drug-likeness (QED) is 0.154. The number of thioether (sulfide) groups is 2. The fourth-order valence-corrected chi connectivity index (χ4v) is 14.7. The van der Waals surface area contributed by atoms with Crippen LogP contribution in [0.2, 0.25) is 0 Å². The number of sulfonamides is 2. The molecule has 2 aromatic rings. The Bertz CT molecular complexity index is 1990. The maximum absolute atomic E-state index is 13.5. The van der Waals surface area contributed by atoms with E-state index in [4.69, 9.17) is 9.47 Å². The van der Waals surface area contributed by atoms with Gasteiger partial charge in [0.25, 0.3) is 11.8 Å². The lowest BCUT2D eigenvalue weighted by molar-refractivity contribution is -0.135. The van der Waals surface area contributed by atoms with Crippen LogP contribution in [0.15, 0.2) is 58.3 Å². The van der Waals surface area contributed by atoms with Crippen LogP contribution in [0.1, 0.15) is 39.5 Å². The van der Waals surface area contributed by atoms with E-state index in [1.165, 1.54) is 32.9 Å². The van der Waals surface area contributed by atoms with Crippen LogP contribution in [0.4, 0.5) is 0 Å². The van der Waals surface area contributed by atoms with E-state index in [-0.39, 0.29) is 36.1 Å². The average molecular weight is 907 g/mol. The van der Waals surface area contributed by atoms with Crippen LogP contribution >= 0.6 is 23.5 Å². The summed E-state index contributed by atoms with van der Waals surface area (Å²) in [6, 6.07) is 10.3. The van der Waals surface area contributed by atoms with Crippen LogP contribution < -0.4 is 20.4 Å². The number of nitrogens with one attached hydrogen (secondary N) is 2. The fraction of sp³-hybridized carbons (Fsp3) is 0.550. The Morgan fingerprint density at radius 3 is 1.28 bits per heavy atom. The van der Waals surface area contributed by atoms with Crippen LogP contribution in [0.5, 0.6) is 11.5 Å². The Morgan fingerprint density at radius 1 is 0.650 bits per heavy atom. The van der Waals surface area contributed by atoms with Crippen molar-refractivity contribution < 1.29 is 46.3 Å². The molecule has 2 atom stereocenters. The van der Waals surface area contributed by atoms with Gasteiger partial charge < -0.3 is 19.3 Å². The second kappa shape index (κ2) is 21.0. The van der Waals surface area contributed by atoms with Gasteiger partial charge in [-0.05, 0) is 128 Å². The molecule has 0 aromatic heterocycles. The lowest BCUT2D eigenvalue weighted by atomic mass is 9.87. The van der Waals surface area contributed by atoms with Crippen molar-refractivity contribution in [1.82, 2.24) is 29.4 Å². The van der Waals surface area contributed by atoms with Crippen molar-refractivity contribution in [2.45, 2.75) is 70.9 Å². The molecule has 2 amide bonds. The number of piperidine rings is 2. The minimum Gasteiger partial charge on any atom is -0.481 e. The van der Waals surface area contributed by atoms with Crippen LogP contribution in [-0.4, -0.2) is 157 Å². The molecule has 0 bridgehead atoms. The van der Waals surface area contributed by atoms with Crippen molar-refractivity contribution in [3.63, 3.8) is 0 Å². The molecule has 4 heterocycles. The van der Waals surface area contributed by atoms with E-state index in [1.807, 2.05) is 14.1 Å². The van der Waals surface area contributed by atoms with Crippen LogP contribution in [-0.2, 0) is 29.6 Å². The summed E-state index contributed by atoms with van der Waals surface area (Å²) in [6.07, 6.45) is 2.68. The zero-order chi connectivity index (χ0) is 43.6. The van der Waals surface area contributed by atoms with Gasteiger partial charge >= 0.3 is 0 Å². The van der Waals surface area contributed by atoms with Crippen molar-refractivity contribution in [3.8, 4) is 35.2 Å². The third kappa shape index (κ3) is 10.7.